The van der Waals surface area contributed by atoms with Crippen LogP contribution in [0.25, 0.3) is 0 Å². The smallest absolute Gasteiger partial charge is 0.255 e. The molecule has 0 atom stereocenters. The summed E-state index contributed by atoms with van der Waals surface area (Å²) in [5.74, 6) is -0.492. The molecule has 0 fully saturated rings. The molecular formula is C19H17N3O2. The summed E-state index contributed by atoms with van der Waals surface area (Å²) in [6, 6.07) is 19.6. The molecule has 3 aromatic rings. The number of carbonyl (C=O) groups is 2. The van der Waals surface area contributed by atoms with E-state index in [4.69, 9.17) is 0 Å². The monoisotopic (exact) mass is 319 g/mol. The van der Waals surface area contributed by atoms with E-state index in [9.17, 15) is 9.59 Å². The summed E-state index contributed by atoms with van der Waals surface area (Å²) in [5.41, 5.74) is 2.36. The van der Waals surface area contributed by atoms with Crippen molar-refractivity contribution in [2.75, 3.05) is 5.32 Å². The van der Waals surface area contributed by atoms with Crippen LogP contribution in [0.3, 0.4) is 0 Å². The van der Waals surface area contributed by atoms with Gasteiger partial charge in [-0.2, -0.15) is 0 Å². The highest BCUT2D eigenvalue weighted by Gasteiger charge is 2.13. The number of anilines is 1. The van der Waals surface area contributed by atoms with Crippen molar-refractivity contribution in [3.63, 3.8) is 0 Å². The van der Waals surface area contributed by atoms with Gasteiger partial charge in [0, 0.05) is 17.5 Å². The fourth-order valence-electron chi connectivity index (χ4n) is 2.32. The first-order valence-electron chi connectivity index (χ1n) is 7.60. The number of H-pyrrole nitrogens is 1. The Morgan fingerprint density at radius 3 is 2.33 bits per heavy atom. The van der Waals surface area contributed by atoms with Crippen LogP contribution in [-0.2, 0) is 6.54 Å². The average molecular weight is 319 g/mol. The fraction of sp³-hybridized carbons (Fsp3) is 0.0526. The van der Waals surface area contributed by atoms with Crippen LogP contribution in [0.15, 0.2) is 72.9 Å². The summed E-state index contributed by atoms with van der Waals surface area (Å²) in [6.45, 7) is 0.396. The summed E-state index contributed by atoms with van der Waals surface area (Å²) in [5, 5.41) is 5.63. The number of para-hydroxylation sites is 1. The molecule has 0 aliphatic rings. The first kappa shape index (κ1) is 15.6. The molecule has 24 heavy (non-hydrogen) atoms. The second-order valence-electron chi connectivity index (χ2n) is 5.24. The number of rotatable bonds is 5. The van der Waals surface area contributed by atoms with Gasteiger partial charge in [0.25, 0.3) is 11.8 Å². The summed E-state index contributed by atoms with van der Waals surface area (Å²) in [4.78, 5) is 27.7. The molecule has 3 N–H and O–H groups in total. The van der Waals surface area contributed by atoms with E-state index in [0.717, 1.165) is 5.69 Å². The average Bonchev–Trinajstić information content (AvgIpc) is 3.14. The minimum Gasteiger partial charge on any atom is -0.364 e. The summed E-state index contributed by atoms with van der Waals surface area (Å²) in [7, 11) is 0. The Labute approximate surface area is 139 Å². The maximum absolute atomic E-state index is 12.4. The lowest BCUT2D eigenvalue weighted by Crippen LogP contribution is -2.25. The van der Waals surface area contributed by atoms with Gasteiger partial charge in [0.1, 0.15) is 0 Å². The molecule has 0 saturated carbocycles. The predicted molar refractivity (Wildman–Crippen MR) is 92.8 cm³/mol. The maximum atomic E-state index is 12.4. The van der Waals surface area contributed by atoms with Crippen molar-refractivity contribution in [3.05, 3.63) is 89.7 Å². The molecule has 0 radical (unpaired) electrons. The van der Waals surface area contributed by atoms with Crippen LogP contribution < -0.4 is 10.6 Å². The van der Waals surface area contributed by atoms with E-state index in [-0.39, 0.29) is 11.8 Å². The van der Waals surface area contributed by atoms with Crippen molar-refractivity contribution >= 4 is 17.5 Å². The molecule has 1 aromatic heterocycles. The first-order valence-corrected chi connectivity index (χ1v) is 7.60. The highest BCUT2D eigenvalue weighted by atomic mass is 16.2. The Morgan fingerprint density at radius 2 is 1.58 bits per heavy atom. The van der Waals surface area contributed by atoms with E-state index in [1.165, 1.54) is 0 Å². The number of benzene rings is 2. The van der Waals surface area contributed by atoms with Crippen molar-refractivity contribution in [2.24, 2.45) is 0 Å². The van der Waals surface area contributed by atoms with Gasteiger partial charge in [-0.1, -0.05) is 30.3 Å². The minimum atomic E-state index is -0.250. The molecular weight excluding hydrogens is 302 g/mol. The molecule has 0 saturated heterocycles. The van der Waals surface area contributed by atoms with Gasteiger partial charge in [-0.25, -0.2) is 0 Å². The largest absolute Gasteiger partial charge is 0.364 e. The van der Waals surface area contributed by atoms with Crippen LogP contribution in [-0.4, -0.2) is 16.8 Å². The van der Waals surface area contributed by atoms with E-state index in [1.54, 1.807) is 54.7 Å². The van der Waals surface area contributed by atoms with Gasteiger partial charge < -0.3 is 15.6 Å². The number of carbonyl (C=O) groups excluding carboxylic acids is 2. The van der Waals surface area contributed by atoms with Crippen molar-refractivity contribution in [3.8, 4) is 0 Å². The summed E-state index contributed by atoms with van der Waals surface area (Å²) < 4.78 is 0. The van der Waals surface area contributed by atoms with Crippen molar-refractivity contribution in [1.29, 1.82) is 0 Å². The summed E-state index contributed by atoms with van der Waals surface area (Å²) in [6.07, 6.45) is 1.80. The molecule has 1 heterocycles. The number of nitrogens with one attached hydrogen (secondary N) is 3. The molecule has 0 unspecified atom stereocenters. The Hall–Kier alpha value is -3.34. The Morgan fingerprint density at radius 1 is 0.833 bits per heavy atom. The third-order valence-electron chi connectivity index (χ3n) is 3.56. The maximum Gasteiger partial charge on any atom is 0.255 e. The highest BCUT2D eigenvalue weighted by Crippen LogP contribution is 2.16. The lowest BCUT2D eigenvalue weighted by Gasteiger charge is -2.11. The standard InChI is InChI=1S/C19H17N3O2/c23-18(14-7-2-1-3-8-14)22-17-11-5-4-10-16(17)19(24)21-13-15-9-6-12-20-15/h1-12,20H,13H2,(H,21,24)(H,22,23). The number of amides is 2. The van der Waals surface area contributed by atoms with E-state index < -0.39 is 0 Å². The molecule has 0 spiro atoms. The van der Waals surface area contributed by atoms with Crippen LogP contribution in [0.5, 0.6) is 0 Å². The quantitative estimate of drug-likeness (QED) is 0.675. The van der Waals surface area contributed by atoms with Crippen molar-refractivity contribution in [1.82, 2.24) is 10.3 Å². The van der Waals surface area contributed by atoms with E-state index in [2.05, 4.69) is 15.6 Å². The van der Waals surface area contributed by atoms with Gasteiger partial charge >= 0.3 is 0 Å². The second kappa shape index (κ2) is 7.28. The molecule has 3 rings (SSSR count). The normalized spacial score (nSPS) is 10.2. The third kappa shape index (κ3) is 3.70. The zero-order valence-electron chi connectivity index (χ0n) is 13.0. The van der Waals surface area contributed by atoms with Gasteiger partial charge in [0.05, 0.1) is 17.8 Å². The highest BCUT2D eigenvalue weighted by molar-refractivity contribution is 6.08. The number of hydrogen-bond donors (Lipinski definition) is 3. The number of aromatic amines is 1. The van der Waals surface area contributed by atoms with Crippen LogP contribution >= 0.6 is 0 Å². The summed E-state index contributed by atoms with van der Waals surface area (Å²) >= 11 is 0. The van der Waals surface area contributed by atoms with Gasteiger partial charge in [0.2, 0.25) is 0 Å². The molecule has 5 nitrogen and oxygen atoms in total. The van der Waals surface area contributed by atoms with Crippen LogP contribution in [0, 0.1) is 0 Å². The second-order valence-corrected chi connectivity index (χ2v) is 5.24. The Kier molecular flexibility index (Phi) is 4.72. The Bertz CT molecular complexity index is 827. The minimum absolute atomic E-state index is 0.242. The number of hydrogen-bond acceptors (Lipinski definition) is 2. The van der Waals surface area contributed by atoms with Gasteiger partial charge in [-0.3, -0.25) is 9.59 Å². The lowest BCUT2D eigenvalue weighted by atomic mass is 10.1. The molecule has 0 bridgehead atoms. The predicted octanol–water partition coefficient (Wildman–Crippen LogP) is 3.20. The Balaban J connectivity index is 1.72. The van der Waals surface area contributed by atoms with Gasteiger partial charge in [-0.15, -0.1) is 0 Å². The zero-order chi connectivity index (χ0) is 16.8. The van der Waals surface area contributed by atoms with Crippen LogP contribution in [0.1, 0.15) is 26.4 Å². The molecule has 0 aliphatic heterocycles. The van der Waals surface area contributed by atoms with Crippen LogP contribution in [0.4, 0.5) is 5.69 Å². The van der Waals surface area contributed by atoms with Gasteiger partial charge in [0.15, 0.2) is 0 Å². The molecule has 0 aliphatic carbocycles. The third-order valence-corrected chi connectivity index (χ3v) is 3.56. The van der Waals surface area contributed by atoms with E-state index >= 15 is 0 Å². The fourth-order valence-corrected chi connectivity index (χ4v) is 2.32. The zero-order valence-corrected chi connectivity index (χ0v) is 13.0. The molecule has 2 aromatic carbocycles. The SMILES string of the molecule is O=C(Nc1ccccc1C(=O)NCc1ccc[nH]1)c1ccccc1. The van der Waals surface area contributed by atoms with Crippen LogP contribution in [0.2, 0.25) is 0 Å². The van der Waals surface area contributed by atoms with E-state index in [1.807, 2.05) is 18.2 Å². The van der Waals surface area contributed by atoms with Gasteiger partial charge in [-0.05, 0) is 36.4 Å². The topological polar surface area (TPSA) is 74.0 Å². The lowest BCUT2D eigenvalue weighted by molar-refractivity contribution is 0.0951. The first-order chi connectivity index (χ1) is 11.7. The number of aromatic nitrogens is 1. The van der Waals surface area contributed by atoms with E-state index in [0.29, 0.717) is 23.4 Å². The molecule has 120 valence electrons. The molecule has 2 amide bonds. The molecule has 5 heteroatoms. The van der Waals surface area contributed by atoms with Crippen molar-refractivity contribution < 1.29 is 9.59 Å². The van der Waals surface area contributed by atoms with Crippen molar-refractivity contribution in [2.45, 2.75) is 6.54 Å².